The quantitative estimate of drug-likeness (QED) is 0.766. The first-order valence-electron chi connectivity index (χ1n) is 7.41. The van der Waals surface area contributed by atoms with Gasteiger partial charge in [0.05, 0.1) is 0 Å². The van der Waals surface area contributed by atoms with Crippen LogP contribution in [0.4, 0.5) is 0 Å². The van der Waals surface area contributed by atoms with E-state index in [0.29, 0.717) is 0 Å². The monoisotopic (exact) mass is 240 g/mol. The number of hydrogen-bond donors (Lipinski definition) is 1. The minimum atomic E-state index is 0.253. The minimum absolute atomic E-state index is 0.253. The van der Waals surface area contributed by atoms with Crippen molar-refractivity contribution in [1.82, 2.24) is 10.2 Å². The van der Waals surface area contributed by atoms with Gasteiger partial charge >= 0.3 is 0 Å². The summed E-state index contributed by atoms with van der Waals surface area (Å²) in [6.45, 7) is 15.2. The Morgan fingerprint density at radius 1 is 1.35 bits per heavy atom. The van der Waals surface area contributed by atoms with Crippen LogP contribution in [0, 0.1) is 5.92 Å². The molecule has 0 bridgehead atoms. The highest BCUT2D eigenvalue weighted by Gasteiger charge is 2.26. The standard InChI is InChI=1S/C15H32N2/c1-6-8-13(2)12-17-10-7-9-14(17)11-16-15(3,4)5/h13-14,16H,6-12H2,1-5H3. The van der Waals surface area contributed by atoms with Gasteiger partial charge in [0.2, 0.25) is 0 Å². The van der Waals surface area contributed by atoms with Gasteiger partial charge < -0.3 is 5.32 Å². The molecule has 2 unspecified atom stereocenters. The summed E-state index contributed by atoms with van der Waals surface area (Å²) in [6.07, 6.45) is 5.45. The zero-order valence-electron chi connectivity index (χ0n) is 12.6. The molecular formula is C15H32N2. The molecule has 1 N–H and O–H groups in total. The van der Waals surface area contributed by atoms with Crippen molar-refractivity contribution in [2.75, 3.05) is 19.6 Å². The van der Waals surface area contributed by atoms with Gasteiger partial charge in [0.25, 0.3) is 0 Å². The Kier molecular flexibility index (Phi) is 5.94. The predicted octanol–water partition coefficient (Wildman–Crippen LogP) is 3.28. The third kappa shape index (κ3) is 5.87. The molecule has 17 heavy (non-hydrogen) atoms. The van der Waals surface area contributed by atoms with Crippen LogP contribution < -0.4 is 5.32 Å². The molecule has 2 heteroatoms. The topological polar surface area (TPSA) is 15.3 Å². The molecule has 0 spiro atoms. The molecule has 1 heterocycles. The van der Waals surface area contributed by atoms with E-state index in [4.69, 9.17) is 0 Å². The molecule has 102 valence electrons. The first-order chi connectivity index (χ1) is 7.92. The summed E-state index contributed by atoms with van der Waals surface area (Å²) >= 11 is 0. The van der Waals surface area contributed by atoms with Crippen LogP contribution in [-0.2, 0) is 0 Å². The Morgan fingerprint density at radius 2 is 2.06 bits per heavy atom. The zero-order valence-corrected chi connectivity index (χ0v) is 12.6. The number of nitrogens with zero attached hydrogens (tertiary/aromatic N) is 1. The highest BCUT2D eigenvalue weighted by atomic mass is 15.2. The van der Waals surface area contributed by atoms with E-state index < -0.39 is 0 Å². The normalized spacial score (nSPS) is 24.2. The van der Waals surface area contributed by atoms with Crippen molar-refractivity contribution >= 4 is 0 Å². The van der Waals surface area contributed by atoms with Crippen LogP contribution in [0.5, 0.6) is 0 Å². The maximum Gasteiger partial charge on any atom is 0.0221 e. The van der Waals surface area contributed by atoms with Gasteiger partial charge in [0, 0.05) is 24.7 Å². The van der Waals surface area contributed by atoms with Crippen molar-refractivity contribution in [2.45, 2.75) is 71.9 Å². The molecule has 1 saturated heterocycles. The lowest BCUT2D eigenvalue weighted by Gasteiger charge is -2.30. The summed E-state index contributed by atoms with van der Waals surface area (Å²) in [5.41, 5.74) is 0.253. The van der Waals surface area contributed by atoms with Crippen LogP contribution in [0.1, 0.15) is 60.3 Å². The lowest BCUT2D eigenvalue weighted by Crippen LogP contribution is -2.46. The Labute approximate surface area is 108 Å². The Balaban J connectivity index is 2.33. The molecule has 0 aliphatic carbocycles. The average Bonchev–Trinajstić information content (AvgIpc) is 2.61. The maximum absolute atomic E-state index is 3.66. The molecule has 2 atom stereocenters. The van der Waals surface area contributed by atoms with E-state index in [1.807, 2.05) is 0 Å². The lowest BCUT2D eigenvalue weighted by atomic mass is 10.0. The summed E-state index contributed by atoms with van der Waals surface area (Å²) in [6, 6.07) is 0.772. The fourth-order valence-electron chi connectivity index (χ4n) is 2.78. The number of hydrogen-bond acceptors (Lipinski definition) is 2. The van der Waals surface area contributed by atoms with E-state index in [0.717, 1.165) is 18.5 Å². The summed E-state index contributed by atoms with van der Waals surface area (Å²) in [5, 5.41) is 3.66. The van der Waals surface area contributed by atoms with Crippen LogP contribution in [0.2, 0.25) is 0 Å². The largest absolute Gasteiger partial charge is 0.311 e. The van der Waals surface area contributed by atoms with Gasteiger partial charge in [-0.15, -0.1) is 0 Å². The lowest BCUT2D eigenvalue weighted by molar-refractivity contribution is 0.202. The second kappa shape index (κ2) is 6.75. The number of rotatable bonds is 6. The Hall–Kier alpha value is -0.0800. The van der Waals surface area contributed by atoms with Crippen LogP contribution in [0.25, 0.3) is 0 Å². The third-order valence-corrected chi connectivity index (χ3v) is 3.69. The average molecular weight is 240 g/mol. The summed E-state index contributed by atoms with van der Waals surface area (Å²) in [5.74, 6) is 0.857. The first-order valence-corrected chi connectivity index (χ1v) is 7.41. The number of likely N-dealkylation sites (tertiary alicyclic amines) is 1. The van der Waals surface area contributed by atoms with Gasteiger partial charge in [0.15, 0.2) is 0 Å². The molecule has 1 rings (SSSR count). The van der Waals surface area contributed by atoms with Crippen molar-refractivity contribution in [3.05, 3.63) is 0 Å². The predicted molar refractivity (Wildman–Crippen MR) is 76.4 cm³/mol. The fourth-order valence-corrected chi connectivity index (χ4v) is 2.78. The molecule has 0 aromatic carbocycles. The molecule has 2 nitrogen and oxygen atoms in total. The van der Waals surface area contributed by atoms with E-state index in [-0.39, 0.29) is 5.54 Å². The molecular weight excluding hydrogens is 208 g/mol. The van der Waals surface area contributed by atoms with E-state index >= 15 is 0 Å². The molecule has 1 aliphatic rings. The van der Waals surface area contributed by atoms with Crippen LogP contribution in [0.15, 0.2) is 0 Å². The molecule has 0 aromatic rings. The fraction of sp³-hybridized carbons (Fsp3) is 1.00. The van der Waals surface area contributed by atoms with E-state index in [9.17, 15) is 0 Å². The van der Waals surface area contributed by atoms with Gasteiger partial charge in [-0.05, 0) is 52.5 Å². The van der Waals surface area contributed by atoms with E-state index in [1.54, 1.807) is 0 Å². The van der Waals surface area contributed by atoms with Crippen molar-refractivity contribution in [3.63, 3.8) is 0 Å². The molecule has 1 aliphatic heterocycles. The maximum atomic E-state index is 3.66. The summed E-state index contributed by atoms with van der Waals surface area (Å²) < 4.78 is 0. The zero-order chi connectivity index (χ0) is 12.9. The SMILES string of the molecule is CCCC(C)CN1CCCC1CNC(C)(C)C. The second-order valence-corrected chi connectivity index (χ2v) is 6.82. The molecule has 0 amide bonds. The minimum Gasteiger partial charge on any atom is -0.311 e. The summed E-state index contributed by atoms with van der Waals surface area (Å²) in [7, 11) is 0. The Bertz CT molecular complexity index is 207. The second-order valence-electron chi connectivity index (χ2n) is 6.82. The number of nitrogens with one attached hydrogen (secondary N) is 1. The van der Waals surface area contributed by atoms with Crippen molar-refractivity contribution in [3.8, 4) is 0 Å². The van der Waals surface area contributed by atoms with E-state index in [1.165, 1.54) is 38.8 Å². The molecule has 0 radical (unpaired) electrons. The first kappa shape index (κ1) is 15.0. The van der Waals surface area contributed by atoms with Crippen molar-refractivity contribution in [2.24, 2.45) is 5.92 Å². The molecule has 0 saturated carbocycles. The van der Waals surface area contributed by atoms with Crippen LogP contribution >= 0.6 is 0 Å². The highest BCUT2D eigenvalue weighted by Crippen LogP contribution is 2.20. The van der Waals surface area contributed by atoms with Crippen LogP contribution in [0.3, 0.4) is 0 Å². The Morgan fingerprint density at radius 3 is 2.65 bits per heavy atom. The van der Waals surface area contributed by atoms with Crippen molar-refractivity contribution in [1.29, 1.82) is 0 Å². The van der Waals surface area contributed by atoms with Gasteiger partial charge in [-0.3, -0.25) is 4.90 Å². The smallest absolute Gasteiger partial charge is 0.0221 e. The third-order valence-electron chi connectivity index (χ3n) is 3.69. The van der Waals surface area contributed by atoms with Gasteiger partial charge in [-0.25, -0.2) is 0 Å². The van der Waals surface area contributed by atoms with Gasteiger partial charge in [-0.1, -0.05) is 20.3 Å². The van der Waals surface area contributed by atoms with Gasteiger partial charge in [-0.2, -0.15) is 0 Å². The molecule has 0 aromatic heterocycles. The highest BCUT2D eigenvalue weighted by molar-refractivity contribution is 4.84. The molecule has 1 fully saturated rings. The van der Waals surface area contributed by atoms with Crippen molar-refractivity contribution < 1.29 is 0 Å². The van der Waals surface area contributed by atoms with E-state index in [2.05, 4.69) is 44.8 Å². The van der Waals surface area contributed by atoms with Gasteiger partial charge in [0.1, 0.15) is 0 Å². The van der Waals surface area contributed by atoms with Crippen LogP contribution in [-0.4, -0.2) is 36.1 Å². The summed E-state index contributed by atoms with van der Waals surface area (Å²) in [4.78, 5) is 2.71.